The lowest BCUT2D eigenvalue weighted by Gasteiger charge is -2.15. The van der Waals surface area contributed by atoms with Crippen molar-refractivity contribution < 1.29 is 22.7 Å². The van der Waals surface area contributed by atoms with Crippen LogP contribution in [0.4, 0.5) is 0 Å². The fourth-order valence-electron chi connectivity index (χ4n) is 1.76. The molecule has 0 aromatic carbocycles. The molecule has 0 atom stereocenters. The van der Waals surface area contributed by atoms with Gasteiger partial charge >= 0.3 is 5.97 Å². The Kier molecular flexibility index (Phi) is 3.20. The molecule has 0 aliphatic heterocycles. The molecule has 18 heavy (non-hydrogen) atoms. The molecule has 0 bridgehead atoms. The topological polar surface area (TPSA) is 87.8 Å². The summed E-state index contributed by atoms with van der Waals surface area (Å²) < 4.78 is 30.6. The molecule has 0 saturated heterocycles. The summed E-state index contributed by atoms with van der Waals surface area (Å²) in [7, 11) is -2.16. The van der Waals surface area contributed by atoms with Crippen molar-refractivity contribution in [3.63, 3.8) is 0 Å². The second-order valence-electron chi connectivity index (χ2n) is 4.57. The van der Waals surface area contributed by atoms with E-state index in [1.54, 1.807) is 0 Å². The second kappa shape index (κ2) is 4.40. The molecule has 2 rings (SSSR count). The largest absolute Gasteiger partial charge is 0.475 e. The molecule has 6 nitrogen and oxygen atoms in total. The van der Waals surface area contributed by atoms with Crippen LogP contribution in [0.25, 0.3) is 0 Å². The van der Waals surface area contributed by atoms with Gasteiger partial charge in [-0.3, -0.25) is 0 Å². The first-order chi connectivity index (χ1) is 8.32. The molecule has 1 aliphatic rings. The highest BCUT2D eigenvalue weighted by atomic mass is 32.2. The molecule has 1 heterocycles. The third-order valence-corrected chi connectivity index (χ3v) is 4.91. The van der Waals surface area contributed by atoms with Gasteiger partial charge in [-0.1, -0.05) is 0 Å². The highest BCUT2D eigenvalue weighted by molar-refractivity contribution is 7.89. The van der Waals surface area contributed by atoms with Crippen LogP contribution in [-0.2, 0) is 10.0 Å². The molecule has 7 heteroatoms. The fourth-order valence-corrected chi connectivity index (χ4v) is 3.16. The van der Waals surface area contributed by atoms with Gasteiger partial charge in [0.1, 0.15) is 10.7 Å². The van der Waals surface area contributed by atoms with E-state index in [0.717, 1.165) is 18.9 Å². The molecule has 0 spiro atoms. The Hall–Kier alpha value is -1.34. The number of carboxylic acids is 1. The Morgan fingerprint density at radius 1 is 1.56 bits per heavy atom. The molecule has 0 radical (unpaired) electrons. The summed E-state index contributed by atoms with van der Waals surface area (Å²) in [5, 5.41) is 8.78. The third-order valence-electron chi connectivity index (χ3n) is 2.98. The SMILES string of the molecule is Cc1oc(C(=O)O)cc1S(=O)(=O)N(C)CC1CC1. The molecule has 100 valence electrons. The van der Waals surface area contributed by atoms with Gasteiger partial charge in [0.25, 0.3) is 0 Å². The van der Waals surface area contributed by atoms with Crippen molar-refractivity contribution in [1.29, 1.82) is 0 Å². The van der Waals surface area contributed by atoms with Crippen LogP contribution < -0.4 is 0 Å². The summed E-state index contributed by atoms with van der Waals surface area (Å²) in [6.45, 7) is 1.92. The molecule has 0 amide bonds. The lowest BCUT2D eigenvalue weighted by Crippen LogP contribution is -2.29. The Labute approximate surface area is 105 Å². The van der Waals surface area contributed by atoms with Crippen LogP contribution in [0.2, 0.25) is 0 Å². The van der Waals surface area contributed by atoms with E-state index in [0.29, 0.717) is 12.5 Å². The molecule has 0 unspecified atom stereocenters. The maximum atomic E-state index is 12.2. The van der Waals surface area contributed by atoms with Gasteiger partial charge < -0.3 is 9.52 Å². The van der Waals surface area contributed by atoms with Crippen molar-refractivity contribution in [2.75, 3.05) is 13.6 Å². The van der Waals surface area contributed by atoms with Gasteiger partial charge in [-0.15, -0.1) is 0 Å². The fraction of sp³-hybridized carbons (Fsp3) is 0.545. The molecule has 1 saturated carbocycles. The number of hydrogen-bond donors (Lipinski definition) is 1. The summed E-state index contributed by atoms with van der Waals surface area (Å²) in [5.74, 6) is -1.10. The van der Waals surface area contributed by atoms with Crippen molar-refractivity contribution >= 4 is 16.0 Å². The lowest BCUT2D eigenvalue weighted by atomic mass is 10.4. The number of carboxylic acid groups (broad SMARTS) is 1. The van der Waals surface area contributed by atoms with Gasteiger partial charge in [0.15, 0.2) is 0 Å². The van der Waals surface area contributed by atoms with Crippen LogP contribution in [0, 0.1) is 12.8 Å². The van der Waals surface area contributed by atoms with Crippen LogP contribution >= 0.6 is 0 Å². The minimum Gasteiger partial charge on any atom is -0.475 e. The van der Waals surface area contributed by atoms with E-state index in [4.69, 9.17) is 9.52 Å². The third kappa shape index (κ3) is 2.41. The van der Waals surface area contributed by atoms with Crippen molar-refractivity contribution in [2.24, 2.45) is 5.92 Å². The first kappa shape index (κ1) is 13.1. The monoisotopic (exact) mass is 273 g/mol. The van der Waals surface area contributed by atoms with E-state index < -0.39 is 16.0 Å². The van der Waals surface area contributed by atoms with E-state index in [2.05, 4.69) is 0 Å². The predicted molar refractivity (Wildman–Crippen MR) is 62.9 cm³/mol. The van der Waals surface area contributed by atoms with Gasteiger partial charge in [0.05, 0.1) is 0 Å². The zero-order valence-electron chi connectivity index (χ0n) is 10.2. The van der Waals surface area contributed by atoms with Crippen LogP contribution in [-0.4, -0.2) is 37.4 Å². The number of aromatic carboxylic acids is 1. The van der Waals surface area contributed by atoms with E-state index >= 15 is 0 Å². The number of hydrogen-bond acceptors (Lipinski definition) is 4. The predicted octanol–water partition coefficient (Wildman–Crippen LogP) is 1.32. The van der Waals surface area contributed by atoms with Gasteiger partial charge in [-0.2, -0.15) is 0 Å². The molecule has 1 aromatic heterocycles. The van der Waals surface area contributed by atoms with E-state index in [9.17, 15) is 13.2 Å². The molecule has 1 aromatic rings. The number of furan rings is 1. The zero-order chi connectivity index (χ0) is 13.5. The average molecular weight is 273 g/mol. The lowest BCUT2D eigenvalue weighted by molar-refractivity contribution is 0.0661. The first-order valence-electron chi connectivity index (χ1n) is 5.62. The van der Waals surface area contributed by atoms with E-state index in [1.807, 2.05) is 0 Å². The maximum absolute atomic E-state index is 12.2. The van der Waals surface area contributed by atoms with Crippen LogP contribution in [0.3, 0.4) is 0 Å². The van der Waals surface area contributed by atoms with Gasteiger partial charge in [0, 0.05) is 19.7 Å². The molecule has 1 N–H and O–H groups in total. The highest BCUT2D eigenvalue weighted by Crippen LogP contribution is 2.31. The summed E-state index contributed by atoms with van der Waals surface area (Å²) in [5.41, 5.74) is 0. The van der Waals surface area contributed by atoms with Crippen molar-refractivity contribution in [1.82, 2.24) is 4.31 Å². The summed E-state index contributed by atoms with van der Waals surface area (Å²) >= 11 is 0. The van der Waals surface area contributed by atoms with Crippen molar-refractivity contribution in [3.8, 4) is 0 Å². The van der Waals surface area contributed by atoms with Crippen molar-refractivity contribution in [2.45, 2.75) is 24.7 Å². The molecular weight excluding hydrogens is 258 g/mol. The van der Waals surface area contributed by atoms with Crippen molar-refractivity contribution in [3.05, 3.63) is 17.6 Å². The minimum absolute atomic E-state index is 0.0666. The Morgan fingerprint density at radius 3 is 2.61 bits per heavy atom. The smallest absolute Gasteiger partial charge is 0.371 e. The Morgan fingerprint density at radius 2 is 2.17 bits per heavy atom. The molecular formula is C11H15NO5S. The summed E-state index contributed by atoms with van der Waals surface area (Å²) in [6.07, 6.45) is 2.09. The number of rotatable bonds is 5. The van der Waals surface area contributed by atoms with Crippen LogP contribution in [0.5, 0.6) is 0 Å². The summed E-state index contributed by atoms with van der Waals surface area (Å²) in [6, 6.07) is 1.07. The molecule has 1 aliphatic carbocycles. The number of aryl methyl sites for hydroxylation is 1. The van der Waals surface area contributed by atoms with E-state index in [1.165, 1.54) is 18.3 Å². The Bertz CT molecular complexity index is 570. The minimum atomic E-state index is -3.66. The summed E-state index contributed by atoms with van der Waals surface area (Å²) in [4.78, 5) is 10.7. The number of sulfonamides is 1. The quantitative estimate of drug-likeness (QED) is 0.874. The maximum Gasteiger partial charge on any atom is 0.371 e. The van der Waals surface area contributed by atoms with E-state index in [-0.39, 0.29) is 16.4 Å². The van der Waals surface area contributed by atoms with Crippen LogP contribution in [0.15, 0.2) is 15.4 Å². The second-order valence-corrected chi connectivity index (χ2v) is 6.58. The first-order valence-corrected chi connectivity index (χ1v) is 7.06. The number of nitrogens with zero attached hydrogens (tertiary/aromatic N) is 1. The standard InChI is InChI=1S/C11H15NO5S/c1-7-10(5-9(17-7)11(13)14)18(15,16)12(2)6-8-3-4-8/h5,8H,3-4,6H2,1-2H3,(H,13,14). The zero-order valence-corrected chi connectivity index (χ0v) is 11.0. The molecule has 1 fully saturated rings. The highest BCUT2D eigenvalue weighted by Gasteiger charge is 2.32. The van der Waals surface area contributed by atoms with Gasteiger partial charge in [0.2, 0.25) is 15.8 Å². The normalized spacial score (nSPS) is 16.2. The van der Waals surface area contributed by atoms with Gasteiger partial charge in [-0.25, -0.2) is 17.5 Å². The number of carbonyl (C=O) groups is 1. The Balaban J connectivity index is 2.30. The van der Waals surface area contributed by atoms with Gasteiger partial charge in [-0.05, 0) is 25.7 Å². The average Bonchev–Trinajstić information content (AvgIpc) is 2.98. The van der Waals surface area contributed by atoms with Crippen LogP contribution in [0.1, 0.15) is 29.2 Å².